The molecular weight excluding hydrogens is 176 g/mol. The van der Waals surface area contributed by atoms with Gasteiger partial charge in [0.25, 0.3) is 0 Å². The van der Waals surface area contributed by atoms with Gasteiger partial charge in [0.1, 0.15) is 0 Å². The quantitative estimate of drug-likeness (QED) is 0.273. The summed E-state index contributed by atoms with van der Waals surface area (Å²) < 4.78 is 5.64. The van der Waals surface area contributed by atoms with Gasteiger partial charge in [-0.3, -0.25) is 11.3 Å². The summed E-state index contributed by atoms with van der Waals surface area (Å²) in [5.74, 6) is 5.52. The maximum absolute atomic E-state index is 5.64. The Hall–Kier alpha value is -0.380. The first-order valence-electron chi connectivity index (χ1n) is 5.29. The van der Waals surface area contributed by atoms with Gasteiger partial charge in [-0.2, -0.15) is 0 Å². The molecule has 0 radical (unpaired) electrons. The third-order valence-corrected chi connectivity index (χ3v) is 2.46. The van der Waals surface area contributed by atoms with Crippen molar-refractivity contribution in [1.82, 2.24) is 5.43 Å². The lowest BCUT2D eigenvalue weighted by molar-refractivity contribution is -0.0404. The molecule has 84 valence electrons. The minimum absolute atomic E-state index is 0.197. The summed E-state index contributed by atoms with van der Waals surface area (Å²) in [6.07, 6.45) is 5.06. The van der Waals surface area contributed by atoms with Gasteiger partial charge < -0.3 is 4.74 Å². The van der Waals surface area contributed by atoms with Gasteiger partial charge in [0.15, 0.2) is 0 Å². The predicted octanol–water partition coefficient (Wildman–Crippen LogP) is 1.99. The highest BCUT2D eigenvalue weighted by Crippen LogP contribution is 2.18. The Morgan fingerprint density at radius 2 is 2.21 bits per heavy atom. The maximum Gasteiger partial charge on any atom is 0.0792 e. The van der Waals surface area contributed by atoms with Crippen LogP contribution in [0.4, 0.5) is 0 Å². The zero-order valence-electron chi connectivity index (χ0n) is 9.68. The highest BCUT2D eigenvalue weighted by atomic mass is 16.5. The maximum atomic E-state index is 5.64. The largest absolute Gasteiger partial charge is 0.374 e. The van der Waals surface area contributed by atoms with Crippen LogP contribution >= 0.6 is 0 Å². The van der Waals surface area contributed by atoms with E-state index in [1.165, 1.54) is 0 Å². The summed E-state index contributed by atoms with van der Waals surface area (Å²) in [4.78, 5) is 0. The van der Waals surface area contributed by atoms with Crippen LogP contribution in [0.5, 0.6) is 0 Å². The molecule has 0 aliphatic carbocycles. The molecule has 0 rings (SSSR count). The Kier molecular flexibility index (Phi) is 6.79. The second kappa shape index (κ2) is 6.98. The zero-order chi connectivity index (χ0) is 11.0. The first-order chi connectivity index (χ1) is 6.58. The molecule has 0 aliphatic rings. The van der Waals surface area contributed by atoms with E-state index >= 15 is 0 Å². The van der Waals surface area contributed by atoms with E-state index < -0.39 is 0 Å². The Morgan fingerprint density at radius 3 is 2.64 bits per heavy atom. The molecule has 0 aromatic carbocycles. The molecule has 0 aromatic rings. The summed E-state index contributed by atoms with van der Waals surface area (Å²) in [6, 6.07) is 0.197. The standard InChI is InChI=1S/C11H24N2O/c1-5-7-8-9-10(13-12)11(3,4)14-6-2/h5,10,13H,1,6-9,12H2,2-4H3. The SMILES string of the molecule is C=CCCCC(NN)C(C)(C)OCC. The van der Waals surface area contributed by atoms with Crippen LogP contribution in [-0.2, 0) is 4.74 Å². The van der Waals surface area contributed by atoms with Gasteiger partial charge >= 0.3 is 0 Å². The molecular formula is C11H24N2O. The molecule has 0 fully saturated rings. The molecule has 0 spiro atoms. The van der Waals surface area contributed by atoms with Gasteiger partial charge in [0.2, 0.25) is 0 Å². The number of hydrazine groups is 1. The van der Waals surface area contributed by atoms with Crippen molar-refractivity contribution < 1.29 is 4.74 Å². The summed E-state index contributed by atoms with van der Waals surface area (Å²) in [5, 5.41) is 0. The summed E-state index contributed by atoms with van der Waals surface area (Å²) in [5.41, 5.74) is 2.62. The second-order valence-corrected chi connectivity index (χ2v) is 3.98. The van der Waals surface area contributed by atoms with E-state index in [4.69, 9.17) is 10.6 Å². The Morgan fingerprint density at radius 1 is 1.57 bits per heavy atom. The average Bonchev–Trinajstić information content (AvgIpc) is 2.12. The minimum atomic E-state index is -0.204. The van der Waals surface area contributed by atoms with Crippen molar-refractivity contribution >= 4 is 0 Å². The molecule has 3 heteroatoms. The van der Waals surface area contributed by atoms with E-state index in [2.05, 4.69) is 25.9 Å². The van der Waals surface area contributed by atoms with Crippen molar-refractivity contribution in [2.45, 2.75) is 51.7 Å². The molecule has 0 amide bonds. The van der Waals surface area contributed by atoms with Crippen LogP contribution < -0.4 is 11.3 Å². The van der Waals surface area contributed by atoms with E-state index in [0.717, 1.165) is 19.3 Å². The topological polar surface area (TPSA) is 47.3 Å². The van der Waals surface area contributed by atoms with Gasteiger partial charge in [-0.25, -0.2) is 0 Å². The van der Waals surface area contributed by atoms with Crippen LogP contribution in [0.25, 0.3) is 0 Å². The summed E-state index contributed by atoms with van der Waals surface area (Å²) in [7, 11) is 0. The van der Waals surface area contributed by atoms with Crippen molar-refractivity contribution in [1.29, 1.82) is 0 Å². The second-order valence-electron chi connectivity index (χ2n) is 3.98. The minimum Gasteiger partial charge on any atom is -0.374 e. The molecule has 1 unspecified atom stereocenters. The number of unbranched alkanes of at least 4 members (excludes halogenated alkanes) is 1. The molecule has 0 saturated heterocycles. The lowest BCUT2D eigenvalue weighted by Crippen LogP contribution is -2.51. The Labute approximate surface area is 87.7 Å². The monoisotopic (exact) mass is 200 g/mol. The van der Waals surface area contributed by atoms with Crippen LogP contribution in [0.2, 0.25) is 0 Å². The number of allylic oxidation sites excluding steroid dienone is 1. The third-order valence-electron chi connectivity index (χ3n) is 2.46. The molecule has 0 aliphatic heterocycles. The van der Waals surface area contributed by atoms with Crippen LogP contribution in [0, 0.1) is 0 Å². The Bertz CT molecular complexity index is 157. The van der Waals surface area contributed by atoms with Crippen molar-refractivity contribution in [2.24, 2.45) is 5.84 Å². The highest BCUT2D eigenvalue weighted by Gasteiger charge is 2.28. The van der Waals surface area contributed by atoms with Gasteiger partial charge in [-0.1, -0.05) is 6.08 Å². The predicted molar refractivity (Wildman–Crippen MR) is 60.9 cm³/mol. The fourth-order valence-electron chi connectivity index (χ4n) is 1.57. The van der Waals surface area contributed by atoms with Crippen LogP contribution in [0.15, 0.2) is 12.7 Å². The number of ether oxygens (including phenoxy) is 1. The fourth-order valence-corrected chi connectivity index (χ4v) is 1.57. The molecule has 0 aromatic heterocycles. The van der Waals surface area contributed by atoms with Crippen molar-refractivity contribution in [2.75, 3.05) is 6.61 Å². The summed E-state index contributed by atoms with van der Waals surface area (Å²) in [6.45, 7) is 10.5. The Balaban J connectivity index is 4.02. The van der Waals surface area contributed by atoms with Crippen molar-refractivity contribution in [3.05, 3.63) is 12.7 Å². The van der Waals surface area contributed by atoms with Gasteiger partial charge in [-0.15, -0.1) is 6.58 Å². The number of hydrogen-bond donors (Lipinski definition) is 2. The lowest BCUT2D eigenvalue weighted by Gasteiger charge is -2.33. The summed E-state index contributed by atoms with van der Waals surface area (Å²) >= 11 is 0. The van der Waals surface area contributed by atoms with Gasteiger partial charge in [0.05, 0.1) is 5.60 Å². The van der Waals surface area contributed by atoms with E-state index in [1.54, 1.807) is 0 Å². The normalized spacial score (nSPS) is 14.0. The lowest BCUT2D eigenvalue weighted by atomic mass is 9.94. The van der Waals surface area contributed by atoms with Crippen LogP contribution in [0.1, 0.15) is 40.0 Å². The molecule has 14 heavy (non-hydrogen) atoms. The van der Waals surface area contributed by atoms with Gasteiger partial charge in [-0.05, 0) is 40.0 Å². The molecule has 3 nitrogen and oxygen atoms in total. The highest BCUT2D eigenvalue weighted by molar-refractivity contribution is 4.84. The fraction of sp³-hybridized carbons (Fsp3) is 0.818. The molecule has 0 saturated carbocycles. The van der Waals surface area contributed by atoms with E-state index in [1.807, 2.05) is 13.0 Å². The molecule has 1 atom stereocenters. The van der Waals surface area contributed by atoms with E-state index in [0.29, 0.717) is 6.61 Å². The van der Waals surface area contributed by atoms with E-state index in [9.17, 15) is 0 Å². The average molecular weight is 200 g/mol. The number of rotatable bonds is 8. The van der Waals surface area contributed by atoms with Crippen LogP contribution in [0.3, 0.4) is 0 Å². The third kappa shape index (κ3) is 4.74. The smallest absolute Gasteiger partial charge is 0.0792 e. The molecule has 0 bridgehead atoms. The number of nitrogens with one attached hydrogen (secondary N) is 1. The number of nitrogens with two attached hydrogens (primary N) is 1. The van der Waals surface area contributed by atoms with Crippen LogP contribution in [-0.4, -0.2) is 18.2 Å². The molecule has 0 heterocycles. The van der Waals surface area contributed by atoms with E-state index in [-0.39, 0.29) is 11.6 Å². The molecule has 3 N–H and O–H groups in total. The first-order valence-corrected chi connectivity index (χ1v) is 5.29. The van der Waals surface area contributed by atoms with Crippen molar-refractivity contribution in [3.63, 3.8) is 0 Å². The number of hydrogen-bond acceptors (Lipinski definition) is 3. The first kappa shape index (κ1) is 13.6. The van der Waals surface area contributed by atoms with Gasteiger partial charge in [0, 0.05) is 12.6 Å². The van der Waals surface area contributed by atoms with Crippen molar-refractivity contribution in [3.8, 4) is 0 Å². The zero-order valence-corrected chi connectivity index (χ0v) is 9.68.